The largest absolute Gasteiger partial charge is 0.316 e. The number of sulfonamides is 1. The van der Waals surface area contributed by atoms with Gasteiger partial charge in [-0.15, -0.1) is 10.2 Å². The van der Waals surface area contributed by atoms with Crippen molar-refractivity contribution in [2.24, 2.45) is 5.92 Å². The first kappa shape index (κ1) is 15.8. The number of benzene rings is 1. The summed E-state index contributed by atoms with van der Waals surface area (Å²) in [6, 6.07) is 8.47. The van der Waals surface area contributed by atoms with Gasteiger partial charge in [0.2, 0.25) is 10.0 Å². The van der Waals surface area contributed by atoms with Crippen LogP contribution in [-0.4, -0.2) is 34.0 Å². The summed E-state index contributed by atoms with van der Waals surface area (Å²) in [6.45, 7) is 1.44. The number of rotatable bonds is 5. The maximum atomic E-state index is 13.1. The zero-order chi connectivity index (χ0) is 16.6. The molecule has 0 amide bonds. The third-order valence-electron chi connectivity index (χ3n) is 4.90. The minimum atomic E-state index is -3.51. The van der Waals surface area contributed by atoms with E-state index in [0.717, 1.165) is 31.6 Å². The van der Waals surface area contributed by atoms with Gasteiger partial charge < -0.3 is 4.57 Å². The minimum absolute atomic E-state index is 0.217. The molecule has 2 aliphatic rings. The highest BCUT2D eigenvalue weighted by Crippen LogP contribution is 2.36. The lowest BCUT2D eigenvalue weighted by molar-refractivity contribution is 0.240. The van der Waals surface area contributed by atoms with E-state index in [9.17, 15) is 8.42 Å². The van der Waals surface area contributed by atoms with Crippen molar-refractivity contribution in [2.75, 3.05) is 6.54 Å². The Morgan fingerprint density at radius 3 is 2.62 bits per heavy atom. The molecule has 1 saturated carbocycles. The molecule has 1 aliphatic heterocycles. The first-order valence-corrected chi connectivity index (χ1v) is 10.0. The van der Waals surface area contributed by atoms with Crippen LogP contribution >= 0.6 is 0 Å². The monoisotopic (exact) mass is 346 g/mol. The molecule has 0 spiro atoms. The van der Waals surface area contributed by atoms with E-state index >= 15 is 0 Å². The Kier molecular flexibility index (Phi) is 4.14. The van der Waals surface area contributed by atoms with E-state index in [1.807, 2.05) is 6.07 Å². The van der Waals surface area contributed by atoms with Crippen molar-refractivity contribution in [1.29, 1.82) is 0 Å². The van der Waals surface area contributed by atoms with Gasteiger partial charge in [-0.2, -0.15) is 4.31 Å². The van der Waals surface area contributed by atoms with Gasteiger partial charge in [-0.05, 0) is 43.7 Å². The molecule has 2 heterocycles. The average Bonchev–Trinajstić information content (AvgIpc) is 3.31. The second-order valence-electron chi connectivity index (χ2n) is 6.73. The molecule has 4 rings (SSSR count). The van der Waals surface area contributed by atoms with Gasteiger partial charge in [0, 0.05) is 13.1 Å². The predicted octanol–water partition coefficient (Wildman–Crippen LogP) is 2.60. The Bertz CT molecular complexity index is 799. The predicted molar refractivity (Wildman–Crippen MR) is 89.7 cm³/mol. The molecule has 1 atom stereocenters. The highest BCUT2D eigenvalue weighted by Gasteiger charge is 2.37. The first-order valence-electron chi connectivity index (χ1n) is 8.61. The summed E-state index contributed by atoms with van der Waals surface area (Å²) in [7, 11) is -3.51. The molecule has 2 fully saturated rings. The van der Waals surface area contributed by atoms with Gasteiger partial charge >= 0.3 is 0 Å². The number of hydrogen-bond acceptors (Lipinski definition) is 4. The van der Waals surface area contributed by atoms with E-state index in [0.29, 0.717) is 17.4 Å². The van der Waals surface area contributed by atoms with Crippen LogP contribution < -0.4 is 0 Å². The van der Waals surface area contributed by atoms with Crippen molar-refractivity contribution in [2.45, 2.75) is 49.6 Å². The summed E-state index contributed by atoms with van der Waals surface area (Å²) in [4.78, 5) is 0.352. The second-order valence-corrected chi connectivity index (χ2v) is 8.62. The molecule has 1 aliphatic carbocycles. The highest BCUT2D eigenvalue weighted by molar-refractivity contribution is 7.89. The van der Waals surface area contributed by atoms with Gasteiger partial charge in [-0.1, -0.05) is 24.6 Å². The normalized spacial score (nSPS) is 22.6. The van der Waals surface area contributed by atoms with E-state index in [2.05, 4.69) is 14.8 Å². The smallest absolute Gasteiger partial charge is 0.243 e. The fourth-order valence-corrected chi connectivity index (χ4v) is 5.10. The first-order chi connectivity index (χ1) is 11.7. The molecule has 0 N–H and O–H groups in total. The highest BCUT2D eigenvalue weighted by atomic mass is 32.2. The zero-order valence-corrected chi connectivity index (χ0v) is 14.4. The molecule has 1 aromatic carbocycles. The molecule has 1 unspecified atom stereocenters. The van der Waals surface area contributed by atoms with Crippen LogP contribution in [0.1, 0.15) is 44.0 Å². The number of piperidine rings is 1. The molecule has 7 heteroatoms. The molecule has 24 heavy (non-hydrogen) atoms. The summed E-state index contributed by atoms with van der Waals surface area (Å²) in [6.07, 6.45) is 6.94. The standard InChI is InChI=1S/C17H22N4O2S/c22-24(23,15-6-2-1-3-7-15)21-11-5-4-8-16(21)17-19-18-13-20(17)12-14-9-10-14/h1-3,6-7,13-14,16H,4-5,8-12H2. The molecule has 2 aromatic rings. The van der Waals surface area contributed by atoms with Crippen LogP contribution in [0.5, 0.6) is 0 Å². The Balaban J connectivity index is 1.67. The van der Waals surface area contributed by atoms with Crippen LogP contribution in [0.4, 0.5) is 0 Å². The lowest BCUT2D eigenvalue weighted by atomic mass is 10.0. The topological polar surface area (TPSA) is 68.1 Å². The van der Waals surface area contributed by atoms with Crippen molar-refractivity contribution in [3.8, 4) is 0 Å². The Morgan fingerprint density at radius 1 is 1.08 bits per heavy atom. The van der Waals surface area contributed by atoms with Gasteiger partial charge in [-0.3, -0.25) is 0 Å². The molecule has 6 nitrogen and oxygen atoms in total. The Morgan fingerprint density at radius 2 is 1.88 bits per heavy atom. The number of aromatic nitrogens is 3. The summed E-state index contributed by atoms with van der Waals surface area (Å²) in [5, 5.41) is 8.34. The minimum Gasteiger partial charge on any atom is -0.316 e. The lowest BCUT2D eigenvalue weighted by Crippen LogP contribution is -2.39. The average molecular weight is 346 g/mol. The van der Waals surface area contributed by atoms with Crippen molar-refractivity contribution in [3.05, 3.63) is 42.5 Å². The summed E-state index contributed by atoms with van der Waals surface area (Å²) in [5.74, 6) is 1.49. The molecular weight excluding hydrogens is 324 g/mol. The third-order valence-corrected chi connectivity index (χ3v) is 6.82. The van der Waals surface area contributed by atoms with Crippen molar-refractivity contribution >= 4 is 10.0 Å². The van der Waals surface area contributed by atoms with E-state index < -0.39 is 10.0 Å². The van der Waals surface area contributed by atoms with Crippen LogP contribution in [0.2, 0.25) is 0 Å². The molecule has 0 radical (unpaired) electrons. The Labute approximate surface area is 142 Å². The van der Waals surface area contributed by atoms with E-state index in [4.69, 9.17) is 0 Å². The van der Waals surface area contributed by atoms with Crippen LogP contribution in [-0.2, 0) is 16.6 Å². The lowest BCUT2D eigenvalue weighted by Gasteiger charge is -2.34. The quantitative estimate of drug-likeness (QED) is 0.834. The maximum absolute atomic E-state index is 13.1. The third kappa shape index (κ3) is 2.98. The number of nitrogens with zero attached hydrogens (tertiary/aromatic N) is 4. The maximum Gasteiger partial charge on any atom is 0.243 e. The van der Waals surface area contributed by atoms with E-state index in [1.165, 1.54) is 12.8 Å². The second kappa shape index (κ2) is 6.29. The van der Waals surface area contributed by atoms with Gasteiger partial charge in [0.25, 0.3) is 0 Å². The Hall–Kier alpha value is -1.73. The summed E-state index contributed by atoms with van der Waals surface area (Å²) >= 11 is 0. The van der Waals surface area contributed by atoms with Gasteiger partial charge in [0.05, 0.1) is 10.9 Å². The van der Waals surface area contributed by atoms with Gasteiger partial charge in [0.1, 0.15) is 6.33 Å². The molecule has 0 bridgehead atoms. The van der Waals surface area contributed by atoms with Crippen LogP contribution in [0.3, 0.4) is 0 Å². The molecule has 128 valence electrons. The van der Waals surface area contributed by atoms with Crippen molar-refractivity contribution in [1.82, 2.24) is 19.1 Å². The van der Waals surface area contributed by atoms with Crippen molar-refractivity contribution in [3.63, 3.8) is 0 Å². The van der Waals surface area contributed by atoms with Crippen LogP contribution in [0, 0.1) is 5.92 Å². The summed E-state index contributed by atoms with van der Waals surface area (Å²) in [5.41, 5.74) is 0. The van der Waals surface area contributed by atoms with Gasteiger partial charge in [0.15, 0.2) is 5.82 Å². The van der Waals surface area contributed by atoms with E-state index in [1.54, 1.807) is 34.9 Å². The molecular formula is C17H22N4O2S. The van der Waals surface area contributed by atoms with E-state index in [-0.39, 0.29) is 6.04 Å². The van der Waals surface area contributed by atoms with Gasteiger partial charge in [-0.25, -0.2) is 8.42 Å². The van der Waals surface area contributed by atoms with Crippen molar-refractivity contribution < 1.29 is 8.42 Å². The van der Waals surface area contributed by atoms with Crippen LogP contribution in [0.25, 0.3) is 0 Å². The molecule has 1 saturated heterocycles. The number of hydrogen-bond donors (Lipinski definition) is 0. The fourth-order valence-electron chi connectivity index (χ4n) is 3.42. The van der Waals surface area contributed by atoms with Crippen LogP contribution in [0.15, 0.2) is 41.6 Å². The SMILES string of the molecule is O=S(=O)(c1ccccc1)N1CCCCC1c1nncn1CC1CC1. The summed E-state index contributed by atoms with van der Waals surface area (Å²) < 4.78 is 29.9. The molecule has 1 aromatic heterocycles. The fraction of sp³-hybridized carbons (Fsp3) is 0.529. The zero-order valence-electron chi connectivity index (χ0n) is 13.6.